The summed E-state index contributed by atoms with van der Waals surface area (Å²) in [5, 5.41) is 12.8. The summed E-state index contributed by atoms with van der Waals surface area (Å²) in [5.41, 5.74) is -0.772. The van der Waals surface area contributed by atoms with Gasteiger partial charge >= 0.3 is 5.69 Å². The molecule has 1 amide bonds. The largest absolute Gasteiger partial charge is 0.454 e. The number of aromatic amines is 1. The summed E-state index contributed by atoms with van der Waals surface area (Å²) in [7, 11) is 0. The second-order valence-corrected chi connectivity index (χ2v) is 9.36. The van der Waals surface area contributed by atoms with Crippen molar-refractivity contribution in [2.45, 2.75) is 13.0 Å². The first-order valence-electron chi connectivity index (χ1n) is 11.3. The Bertz CT molecular complexity index is 1770. The Morgan fingerprint density at radius 2 is 1.72 bits per heavy atom. The van der Waals surface area contributed by atoms with E-state index >= 15 is 0 Å². The number of ether oxygens (including phenoxy) is 1. The van der Waals surface area contributed by atoms with Crippen molar-refractivity contribution in [3.63, 3.8) is 0 Å². The lowest BCUT2D eigenvalue weighted by molar-refractivity contribution is 0.0726. The smallest absolute Gasteiger partial charge is 0.349 e. The Morgan fingerprint density at radius 3 is 2.38 bits per heavy atom. The van der Waals surface area contributed by atoms with E-state index in [4.69, 9.17) is 33.2 Å². The number of nitriles is 1. The molecule has 39 heavy (non-hydrogen) atoms. The van der Waals surface area contributed by atoms with Crippen LogP contribution in [0.4, 0.5) is 8.78 Å². The Morgan fingerprint density at radius 1 is 1.03 bits per heavy atom. The number of fused-ring (bicyclic) bond motifs is 1. The third kappa shape index (κ3) is 5.25. The molecule has 1 aliphatic rings. The summed E-state index contributed by atoms with van der Waals surface area (Å²) >= 11 is 12.7. The van der Waals surface area contributed by atoms with Crippen LogP contribution in [0.5, 0.6) is 11.5 Å². The highest BCUT2D eigenvalue weighted by molar-refractivity contribution is 6.37. The lowest BCUT2D eigenvalue weighted by Crippen LogP contribution is -2.37. The first-order valence-corrected chi connectivity index (χ1v) is 12.1. The van der Waals surface area contributed by atoms with Crippen LogP contribution >= 0.6 is 23.2 Å². The normalized spacial score (nSPS) is 12.7. The van der Waals surface area contributed by atoms with Gasteiger partial charge < -0.3 is 9.64 Å². The fourth-order valence-corrected chi connectivity index (χ4v) is 4.73. The molecule has 0 radical (unpaired) electrons. The van der Waals surface area contributed by atoms with E-state index in [1.807, 2.05) is 4.98 Å². The van der Waals surface area contributed by atoms with E-state index in [-0.39, 0.29) is 33.9 Å². The number of halogens is 4. The van der Waals surface area contributed by atoms with Gasteiger partial charge in [0, 0.05) is 24.7 Å². The van der Waals surface area contributed by atoms with Gasteiger partial charge in [0.1, 0.15) is 23.5 Å². The molecule has 5 rings (SSSR count). The number of benzene rings is 3. The number of carbonyl (C=O) groups excluding carboxylic acids is 1. The van der Waals surface area contributed by atoms with Gasteiger partial charge in [0.2, 0.25) is 5.69 Å². The molecule has 0 bridgehead atoms. The Labute approximate surface area is 228 Å². The number of carbonyl (C=O) groups is 1. The average Bonchev–Trinajstić information content (AvgIpc) is 2.87. The number of aromatic nitrogens is 3. The summed E-state index contributed by atoms with van der Waals surface area (Å²) in [6, 6.07) is 12.2. The van der Waals surface area contributed by atoms with Crippen molar-refractivity contribution in [1.82, 2.24) is 19.7 Å². The first-order chi connectivity index (χ1) is 18.6. The van der Waals surface area contributed by atoms with Gasteiger partial charge in [0.25, 0.3) is 11.5 Å². The summed E-state index contributed by atoms with van der Waals surface area (Å²) in [4.78, 5) is 40.3. The summed E-state index contributed by atoms with van der Waals surface area (Å²) in [5.74, 6) is -1.31. The van der Waals surface area contributed by atoms with Gasteiger partial charge in [-0.05, 0) is 60.0 Å². The van der Waals surface area contributed by atoms with E-state index in [0.29, 0.717) is 35.4 Å². The molecule has 0 atom stereocenters. The van der Waals surface area contributed by atoms with Crippen molar-refractivity contribution in [3.05, 3.63) is 113 Å². The van der Waals surface area contributed by atoms with Gasteiger partial charge in [-0.2, -0.15) is 9.94 Å². The molecular weight excluding hydrogens is 555 g/mol. The zero-order valence-corrected chi connectivity index (χ0v) is 21.2. The lowest BCUT2D eigenvalue weighted by atomic mass is 9.98. The predicted molar refractivity (Wildman–Crippen MR) is 137 cm³/mol. The Balaban J connectivity index is 1.38. The second kappa shape index (κ2) is 10.3. The average molecular weight is 570 g/mol. The maximum Gasteiger partial charge on any atom is 0.349 e. The highest BCUT2D eigenvalue weighted by Gasteiger charge is 2.25. The molecule has 1 aromatic heterocycles. The maximum atomic E-state index is 13.6. The van der Waals surface area contributed by atoms with Crippen molar-refractivity contribution in [3.8, 4) is 23.3 Å². The quantitative estimate of drug-likeness (QED) is 0.381. The molecule has 196 valence electrons. The van der Waals surface area contributed by atoms with Crippen LogP contribution in [0.25, 0.3) is 5.69 Å². The summed E-state index contributed by atoms with van der Waals surface area (Å²) < 4.78 is 33.8. The minimum absolute atomic E-state index is 0.0122. The highest BCUT2D eigenvalue weighted by Crippen LogP contribution is 2.39. The van der Waals surface area contributed by atoms with E-state index in [9.17, 15) is 23.2 Å². The van der Waals surface area contributed by atoms with Crippen molar-refractivity contribution >= 4 is 29.1 Å². The van der Waals surface area contributed by atoms with Crippen molar-refractivity contribution < 1.29 is 18.3 Å². The predicted octanol–water partition coefficient (Wildman–Crippen LogP) is 4.37. The summed E-state index contributed by atoms with van der Waals surface area (Å²) in [6.07, 6.45) is 0.471. The van der Waals surface area contributed by atoms with Crippen LogP contribution in [-0.4, -0.2) is 32.1 Å². The van der Waals surface area contributed by atoms with Gasteiger partial charge in [-0.15, -0.1) is 5.10 Å². The van der Waals surface area contributed by atoms with Crippen LogP contribution < -0.4 is 16.0 Å². The molecular formula is C26H15Cl2F2N5O4. The van der Waals surface area contributed by atoms with Crippen molar-refractivity contribution in [2.24, 2.45) is 0 Å². The van der Waals surface area contributed by atoms with E-state index in [1.54, 1.807) is 24.3 Å². The molecule has 0 fully saturated rings. The molecule has 0 aliphatic carbocycles. The number of rotatable bonds is 5. The number of amides is 1. The van der Waals surface area contributed by atoms with Crippen molar-refractivity contribution in [2.75, 3.05) is 6.54 Å². The van der Waals surface area contributed by atoms with Crippen molar-refractivity contribution in [1.29, 1.82) is 5.26 Å². The van der Waals surface area contributed by atoms with E-state index in [2.05, 4.69) is 5.10 Å². The topological polar surface area (TPSA) is 121 Å². The van der Waals surface area contributed by atoms with Gasteiger partial charge in [-0.3, -0.25) is 14.6 Å². The zero-order chi connectivity index (χ0) is 27.8. The number of nitrogens with one attached hydrogen (secondary N) is 1. The molecule has 13 heteroatoms. The standard InChI is InChI=1S/C26H15Cl2F2N5O4/c27-20-9-17(35-26(38)32-24(36)22(11-31)33-35)10-21(28)23(20)39-18-1-2-19-14(7-18)3-4-34(25(19)37)12-13-5-15(29)8-16(30)6-13/h1-2,5-10H,3-4,12H2,(H,32,36,38). The van der Waals surface area contributed by atoms with Crippen LogP contribution in [-0.2, 0) is 13.0 Å². The van der Waals surface area contributed by atoms with Crippen LogP contribution in [0.15, 0.2) is 58.1 Å². The fourth-order valence-electron chi connectivity index (χ4n) is 4.18. The molecule has 1 N–H and O–H groups in total. The second-order valence-electron chi connectivity index (χ2n) is 8.55. The van der Waals surface area contributed by atoms with E-state index < -0.39 is 28.6 Å². The molecule has 0 saturated heterocycles. The lowest BCUT2D eigenvalue weighted by Gasteiger charge is -2.29. The minimum Gasteiger partial charge on any atom is -0.454 e. The van der Waals surface area contributed by atoms with E-state index in [1.165, 1.54) is 29.2 Å². The van der Waals surface area contributed by atoms with Gasteiger partial charge in [0.05, 0.1) is 15.7 Å². The van der Waals surface area contributed by atoms with Crippen LogP contribution in [0.3, 0.4) is 0 Å². The number of nitrogens with zero attached hydrogens (tertiary/aromatic N) is 4. The molecule has 3 aromatic carbocycles. The third-order valence-corrected chi connectivity index (χ3v) is 6.48. The molecule has 9 nitrogen and oxygen atoms in total. The highest BCUT2D eigenvalue weighted by atomic mass is 35.5. The minimum atomic E-state index is -0.923. The summed E-state index contributed by atoms with van der Waals surface area (Å²) in [6.45, 7) is 0.390. The van der Waals surface area contributed by atoms with Gasteiger partial charge in [0.15, 0.2) is 5.75 Å². The van der Waals surface area contributed by atoms with E-state index in [0.717, 1.165) is 10.7 Å². The van der Waals surface area contributed by atoms with Gasteiger partial charge in [-0.1, -0.05) is 23.2 Å². The molecule has 0 spiro atoms. The Hall–Kier alpha value is -4.53. The molecule has 1 aliphatic heterocycles. The zero-order valence-electron chi connectivity index (χ0n) is 19.7. The molecule has 4 aromatic rings. The Kier molecular flexibility index (Phi) is 6.91. The third-order valence-electron chi connectivity index (χ3n) is 5.92. The molecule has 0 unspecified atom stereocenters. The maximum absolute atomic E-state index is 13.6. The van der Waals surface area contributed by atoms with Crippen LogP contribution in [0.1, 0.15) is 27.2 Å². The molecule has 0 saturated carbocycles. The first kappa shape index (κ1) is 26.1. The monoisotopic (exact) mass is 569 g/mol. The number of H-pyrrole nitrogens is 1. The molecule has 2 heterocycles. The van der Waals surface area contributed by atoms with Crippen LogP contribution in [0.2, 0.25) is 10.0 Å². The number of hydrogen-bond acceptors (Lipinski definition) is 6. The number of hydrogen-bond donors (Lipinski definition) is 1. The van der Waals surface area contributed by atoms with Gasteiger partial charge in [-0.25, -0.2) is 13.6 Å². The fraction of sp³-hybridized carbons (Fsp3) is 0.115. The van der Waals surface area contributed by atoms with Crippen LogP contribution in [0, 0.1) is 23.0 Å². The SMILES string of the molecule is N#Cc1nn(-c2cc(Cl)c(Oc3ccc4c(c3)CCN(Cc3cc(F)cc(F)c3)C4=O)c(Cl)c2)c(=O)[nH]c1=O.